The number of hydrogen-bond acceptors (Lipinski definition) is 3. The van der Waals surface area contributed by atoms with E-state index in [2.05, 4.69) is 36.3 Å². The Balaban J connectivity index is 2.62. The summed E-state index contributed by atoms with van der Waals surface area (Å²) in [6, 6.07) is 0. The predicted octanol–water partition coefficient (Wildman–Crippen LogP) is 1.84. The molecule has 0 amide bonds. The van der Waals surface area contributed by atoms with Crippen molar-refractivity contribution in [3.63, 3.8) is 0 Å². The molecule has 0 aromatic rings. The predicted molar refractivity (Wildman–Crippen MR) is 60.6 cm³/mol. The van der Waals surface area contributed by atoms with Crippen molar-refractivity contribution in [1.82, 2.24) is 15.8 Å². The lowest BCUT2D eigenvalue weighted by atomic mass is 9.88. The van der Waals surface area contributed by atoms with Gasteiger partial charge in [-0.15, -0.1) is 0 Å². The lowest BCUT2D eigenvalue weighted by Gasteiger charge is -2.44. The van der Waals surface area contributed by atoms with Gasteiger partial charge in [0, 0.05) is 13.2 Å². The second-order valence-corrected chi connectivity index (χ2v) is 4.01. The molecule has 0 unspecified atom stereocenters. The molecule has 0 atom stereocenters. The number of rotatable bonds is 5. The van der Waals surface area contributed by atoms with Gasteiger partial charge in [0.1, 0.15) is 0 Å². The van der Waals surface area contributed by atoms with Crippen molar-refractivity contribution in [2.45, 2.75) is 44.7 Å². The van der Waals surface area contributed by atoms with E-state index < -0.39 is 0 Å². The van der Waals surface area contributed by atoms with Gasteiger partial charge in [-0.2, -0.15) is 0 Å². The molecule has 0 bridgehead atoms. The summed E-state index contributed by atoms with van der Waals surface area (Å²) < 4.78 is 0. The van der Waals surface area contributed by atoms with E-state index in [4.69, 9.17) is 0 Å². The van der Waals surface area contributed by atoms with E-state index in [9.17, 15) is 0 Å². The van der Waals surface area contributed by atoms with Crippen molar-refractivity contribution in [3.05, 3.63) is 12.8 Å². The third-order valence-electron chi connectivity index (χ3n) is 3.11. The molecule has 1 saturated carbocycles. The normalized spacial score (nSPS) is 20.8. The van der Waals surface area contributed by atoms with Gasteiger partial charge in [0.2, 0.25) is 0 Å². The van der Waals surface area contributed by atoms with Crippen LogP contribution in [-0.2, 0) is 0 Å². The Morgan fingerprint density at radius 3 is 2.50 bits per heavy atom. The highest BCUT2D eigenvalue weighted by Crippen LogP contribution is 2.29. The molecule has 3 nitrogen and oxygen atoms in total. The van der Waals surface area contributed by atoms with Crippen LogP contribution in [0.1, 0.15) is 39.0 Å². The average Bonchev–Trinajstić information content (AvgIpc) is 2.20. The Hall–Kier alpha value is -0.540. The topological polar surface area (TPSA) is 27.3 Å². The van der Waals surface area contributed by atoms with Crippen molar-refractivity contribution >= 4 is 0 Å². The molecule has 82 valence electrons. The van der Waals surface area contributed by atoms with E-state index in [-0.39, 0.29) is 5.66 Å². The van der Waals surface area contributed by atoms with Crippen LogP contribution in [0.3, 0.4) is 0 Å². The van der Waals surface area contributed by atoms with Crippen LogP contribution in [0.2, 0.25) is 0 Å². The van der Waals surface area contributed by atoms with Gasteiger partial charge < -0.3 is 5.43 Å². The minimum atomic E-state index is 0.140. The maximum atomic E-state index is 3.71. The molecule has 1 aliphatic carbocycles. The van der Waals surface area contributed by atoms with Crippen LogP contribution in [0.5, 0.6) is 0 Å². The van der Waals surface area contributed by atoms with Crippen molar-refractivity contribution < 1.29 is 0 Å². The fourth-order valence-corrected chi connectivity index (χ4v) is 2.36. The number of nitrogens with one attached hydrogen (secondary N) is 2. The minimum absolute atomic E-state index is 0.140. The largest absolute Gasteiger partial charge is 0.325 e. The van der Waals surface area contributed by atoms with Crippen LogP contribution >= 0.6 is 0 Å². The quantitative estimate of drug-likeness (QED) is 0.520. The highest BCUT2D eigenvalue weighted by Gasteiger charge is 2.34. The Morgan fingerprint density at radius 2 is 2.00 bits per heavy atom. The van der Waals surface area contributed by atoms with Gasteiger partial charge >= 0.3 is 0 Å². The first-order valence-electron chi connectivity index (χ1n) is 5.61. The zero-order valence-corrected chi connectivity index (χ0v) is 9.47. The van der Waals surface area contributed by atoms with E-state index >= 15 is 0 Å². The van der Waals surface area contributed by atoms with Crippen LogP contribution in [0, 0.1) is 0 Å². The van der Waals surface area contributed by atoms with E-state index in [0.29, 0.717) is 0 Å². The lowest BCUT2D eigenvalue weighted by Crippen LogP contribution is -2.61. The molecule has 1 rings (SSSR count). The summed E-state index contributed by atoms with van der Waals surface area (Å²) in [7, 11) is 2.09. The molecule has 0 spiro atoms. The van der Waals surface area contributed by atoms with E-state index in [1.165, 1.54) is 32.1 Å². The maximum Gasteiger partial charge on any atom is 0.0887 e. The van der Waals surface area contributed by atoms with Crippen LogP contribution in [0.25, 0.3) is 0 Å². The lowest BCUT2D eigenvalue weighted by molar-refractivity contribution is 0.0154. The zero-order valence-electron chi connectivity index (χ0n) is 9.47. The first-order valence-corrected chi connectivity index (χ1v) is 5.61. The van der Waals surface area contributed by atoms with Gasteiger partial charge in [0.25, 0.3) is 0 Å². The summed E-state index contributed by atoms with van der Waals surface area (Å²) in [5.74, 6) is 0. The summed E-state index contributed by atoms with van der Waals surface area (Å²) >= 11 is 0. The monoisotopic (exact) mass is 197 g/mol. The van der Waals surface area contributed by atoms with Crippen LogP contribution in [0.4, 0.5) is 0 Å². The molecule has 3 heteroatoms. The number of hydrazine groups is 1. The van der Waals surface area contributed by atoms with Gasteiger partial charge in [-0.1, -0.05) is 32.8 Å². The first kappa shape index (κ1) is 11.5. The van der Waals surface area contributed by atoms with Gasteiger partial charge in [0.15, 0.2) is 0 Å². The summed E-state index contributed by atoms with van der Waals surface area (Å²) in [5, 5.41) is 5.77. The first-order chi connectivity index (χ1) is 6.75. The van der Waals surface area contributed by atoms with Crippen molar-refractivity contribution in [2.24, 2.45) is 0 Å². The second kappa shape index (κ2) is 5.37. The highest BCUT2D eigenvalue weighted by molar-refractivity contribution is 4.88. The van der Waals surface area contributed by atoms with Crippen LogP contribution in [-0.4, -0.2) is 24.3 Å². The summed E-state index contributed by atoms with van der Waals surface area (Å²) in [6.07, 6.45) is 8.19. The van der Waals surface area contributed by atoms with E-state index in [1.54, 1.807) is 6.20 Å². The molecular weight excluding hydrogens is 174 g/mol. The fraction of sp³-hybridized carbons (Fsp3) is 0.818. The summed E-state index contributed by atoms with van der Waals surface area (Å²) in [6.45, 7) is 6.89. The van der Waals surface area contributed by atoms with Gasteiger partial charge in [-0.05, 0) is 19.4 Å². The fourth-order valence-electron chi connectivity index (χ4n) is 2.36. The van der Waals surface area contributed by atoms with Crippen LogP contribution in [0.15, 0.2) is 12.8 Å². The van der Waals surface area contributed by atoms with Crippen molar-refractivity contribution in [1.29, 1.82) is 0 Å². The molecule has 0 aliphatic heterocycles. The van der Waals surface area contributed by atoms with E-state index in [0.717, 1.165) is 6.54 Å². The third kappa shape index (κ3) is 2.49. The maximum absolute atomic E-state index is 3.71. The molecular formula is C11H23N3. The minimum Gasteiger partial charge on any atom is -0.325 e. The Morgan fingerprint density at radius 1 is 1.36 bits per heavy atom. The highest BCUT2D eigenvalue weighted by atomic mass is 15.6. The van der Waals surface area contributed by atoms with E-state index in [1.807, 2.05) is 0 Å². The molecule has 0 heterocycles. The Bertz CT molecular complexity index is 168. The van der Waals surface area contributed by atoms with Crippen LogP contribution < -0.4 is 10.7 Å². The Kier molecular flexibility index (Phi) is 4.42. The smallest absolute Gasteiger partial charge is 0.0887 e. The summed E-state index contributed by atoms with van der Waals surface area (Å²) in [4.78, 5) is 0. The molecule has 2 N–H and O–H groups in total. The standard InChI is InChI=1S/C11H23N3/c1-4-12-11(14(3)13-5-2)9-7-6-8-10-11/h5,12-13H,2,4,6-10H2,1,3H3. The molecule has 1 aliphatic rings. The van der Waals surface area contributed by atoms with Gasteiger partial charge in [-0.25, -0.2) is 5.01 Å². The second-order valence-electron chi connectivity index (χ2n) is 4.01. The Labute approximate surface area is 87.5 Å². The average molecular weight is 197 g/mol. The molecule has 0 radical (unpaired) electrons. The van der Waals surface area contributed by atoms with Gasteiger partial charge in [-0.3, -0.25) is 5.32 Å². The number of nitrogens with zero attached hydrogens (tertiary/aromatic N) is 1. The third-order valence-corrected chi connectivity index (χ3v) is 3.11. The van der Waals surface area contributed by atoms with Crippen molar-refractivity contribution in [3.8, 4) is 0 Å². The van der Waals surface area contributed by atoms with Crippen molar-refractivity contribution in [2.75, 3.05) is 13.6 Å². The molecule has 14 heavy (non-hydrogen) atoms. The molecule has 1 fully saturated rings. The molecule has 0 aromatic heterocycles. The van der Waals surface area contributed by atoms with Gasteiger partial charge in [0.05, 0.1) is 5.66 Å². The molecule has 0 saturated heterocycles. The summed E-state index contributed by atoms with van der Waals surface area (Å²) in [5.41, 5.74) is 3.32. The molecule has 0 aromatic carbocycles. The SMILES string of the molecule is C=CNN(C)C1(NCC)CCCCC1. The number of hydrogen-bond donors (Lipinski definition) is 2. The zero-order chi connectivity index (χ0) is 10.4.